The van der Waals surface area contributed by atoms with Gasteiger partial charge in [0.25, 0.3) is 0 Å². The van der Waals surface area contributed by atoms with Crippen LogP contribution in [0.5, 0.6) is 5.75 Å². The lowest BCUT2D eigenvalue weighted by Crippen LogP contribution is -2.13. The molecule has 0 spiro atoms. The van der Waals surface area contributed by atoms with Gasteiger partial charge in [0.05, 0.1) is 18.6 Å². The second-order valence-electron chi connectivity index (χ2n) is 5.74. The first-order valence-corrected chi connectivity index (χ1v) is 8.58. The van der Waals surface area contributed by atoms with Crippen LogP contribution in [-0.4, -0.2) is 33.1 Å². The molecule has 0 atom stereocenters. The Hall–Kier alpha value is -3.88. The maximum atomic E-state index is 13.3. The summed E-state index contributed by atoms with van der Waals surface area (Å²) in [6.45, 7) is 0.928. The van der Waals surface area contributed by atoms with E-state index >= 15 is 0 Å². The van der Waals surface area contributed by atoms with Gasteiger partial charge in [0.15, 0.2) is 5.65 Å². The molecular formula is C19H16FN7O. The number of fused-ring (bicyclic) bond motifs is 1. The quantitative estimate of drug-likeness (QED) is 0.367. The summed E-state index contributed by atoms with van der Waals surface area (Å²) in [5.41, 5.74) is 1.39. The van der Waals surface area contributed by atoms with Crippen LogP contribution in [0.1, 0.15) is 0 Å². The number of hydrogen-bond donors (Lipinski definition) is 2. The van der Waals surface area contributed by atoms with Gasteiger partial charge in [-0.15, -0.1) is 10.2 Å². The van der Waals surface area contributed by atoms with Gasteiger partial charge in [-0.3, -0.25) is 0 Å². The van der Waals surface area contributed by atoms with Crippen LogP contribution in [0.15, 0.2) is 71.2 Å². The zero-order chi connectivity index (χ0) is 19.2. The third kappa shape index (κ3) is 4.26. The fourth-order valence-corrected chi connectivity index (χ4v) is 2.46. The third-order valence-electron chi connectivity index (χ3n) is 3.73. The van der Waals surface area contributed by atoms with E-state index in [4.69, 9.17) is 4.74 Å². The average Bonchev–Trinajstić information content (AvgIpc) is 3.19. The van der Waals surface area contributed by atoms with Gasteiger partial charge in [-0.1, -0.05) is 24.3 Å². The van der Waals surface area contributed by atoms with E-state index in [1.165, 1.54) is 18.5 Å². The second kappa shape index (κ2) is 8.21. The molecule has 2 aromatic heterocycles. The Labute approximate surface area is 159 Å². The Kier molecular flexibility index (Phi) is 5.14. The van der Waals surface area contributed by atoms with Gasteiger partial charge in [-0.25, -0.2) is 9.37 Å². The molecule has 0 amide bonds. The van der Waals surface area contributed by atoms with E-state index in [0.29, 0.717) is 41.8 Å². The summed E-state index contributed by atoms with van der Waals surface area (Å²) in [5.74, 6) is 1.06. The van der Waals surface area contributed by atoms with Crippen LogP contribution in [0, 0.1) is 5.82 Å². The average molecular weight is 377 g/mol. The summed E-state index contributed by atoms with van der Waals surface area (Å²) >= 11 is 0. The van der Waals surface area contributed by atoms with Crippen LogP contribution in [-0.2, 0) is 0 Å². The Bertz CT molecular complexity index is 1100. The molecule has 4 aromatic rings. The molecule has 0 aliphatic heterocycles. The summed E-state index contributed by atoms with van der Waals surface area (Å²) in [5, 5.41) is 11.2. The minimum Gasteiger partial charge on any atom is -0.492 e. The summed E-state index contributed by atoms with van der Waals surface area (Å²) in [6, 6.07) is 15.4. The van der Waals surface area contributed by atoms with Crippen molar-refractivity contribution in [2.24, 2.45) is 10.2 Å². The van der Waals surface area contributed by atoms with Crippen molar-refractivity contribution in [3.8, 4) is 5.75 Å². The Balaban J connectivity index is 1.47. The highest BCUT2D eigenvalue weighted by Crippen LogP contribution is 2.24. The third-order valence-corrected chi connectivity index (χ3v) is 3.73. The summed E-state index contributed by atoms with van der Waals surface area (Å²) < 4.78 is 18.9. The second-order valence-corrected chi connectivity index (χ2v) is 5.74. The number of nitrogens with one attached hydrogen (secondary N) is 2. The molecule has 8 nitrogen and oxygen atoms in total. The number of halogens is 1. The number of aromatic nitrogens is 4. The van der Waals surface area contributed by atoms with Crippen molar-refractivity contribution in [2.75, 3.05) is 18.5 Å². The molecule has 4 rings (SSSR count). The molecule has 2 heterocycles. The highest BCUT2D eigenvalue weighted by atomic mass is 19.1. The van der Waals surface area contributed by atoms with E-state index in [2.05, 4.69) is 35.5 Å². The fraction of sp³-hybridized carbons (Fsp3) is 0.105. The number of para-hydroxylation sites is 1. The van der Waals surface area contributed by atoms with Crippen LogP contribution in [0.25, 0.3) is 11.2 Å². The van der Waals surface area contributed by atoms with Crippen molar-refractivity contribution in [1.29, 1.82) is 0 Å². The molecule has 0 radical (unpaired) electrons. The van der Waals surface area contributed by atoms with E-state index in [1.807, 2.05) is 30.3 Å². The highest BCUT2D eigenvalue weighted by molar-refractivity contribution is 5.81. The SMILES string of the molecule is Fc1cccc(N=Nc2nc(NCCOc3ccccc3)nc3nc[nH]c23)c1. The van der Waals surface area contributed by atoms with E-state index < -0.39 is 0 Å². The topological polar surface area (TPSA) is 100 Å². The first-order valence-electron chi connectivity index (χ1n) is 8.58. The number of nitrogens with zero attached hydrogens (tertiary/aromatic N) is 5. The number of aromatic amines is 1. The van der Waals surface area contributed by atoms with Crippen molar-refractivity contribution in [3.05, 3.63) is 66.7 Å². The predicted molar refractivity (Wildman–Crippen MR) is 103 cm³/mol. The Morgan fingerprint density at radius 1 is 1.04 bits per heavy atom. The van der Waals surface area contributed by atoms with E-state index in [1.54, 1.807) is 12.1 Å². The van der Waals surface area contributed by atoms with Crippen molar-refractivity contribution in [3.63, 3.8) is 0 Å². The van der Waals surface area contributed by atoms with Crippen molar-refractivity contribution < 1.29 is 9.13 Å². The molecular weight excluding hydrogens is 361 g/mol. The van der Waals surface area contributed by atoms with Crippen LogP contribution >= 0.6 is 0 Å². The highest BCUT2D eigenvalue weighted by Gasteiger charge is 2.09. The largest absolute Gasteiger partial charge is 0.492 e. The smallest absolute Gasteiger partial charge is 0.227 e. The molecule has 0 aliphatic carbocycles. The molecule has 9 heteroatoms. The summed E-state index contributed by atoms with van der Waals surface area (Å²) in [7, 11) is 0. The van der Waals surface area contributed by atoms with Gasteiger partial charge in [-0.2, -0.15) is 9.97 Å². The van der Waals surface area contributed by atoms with Gasteiger partial charge in [0, 0.05) is 6.07 Å². The normalized spacial score (nSPS) is 11.2. The minimum absolute atomic E-state index is 0.304. The summed E-state index contributed by atoms with van der Waals surface area (Å²) in [4.78, 5) is 15.8. The van der Waals surface area contributed by atoms with Crippen molar-refractivity contribution >= 4 is 28.6 Å². The van der Waals surface area contributed by atoms with Crippen LogP contribution in [0.4, 0.5) is 21.8 Å². The maximum Gasteiger partial charge on any atom is 0.227 e. The number of anilines is 1. The number of benzene rings is 2. The number of ether oxygens (including phenoxy) is 1. The first-order chi connectivity index (χ1) is 13.8. The number of azo groups is 1. The Morgan fingerprint density at radius 2 is 1.93 bits per heavy atom. The van der Waals surface area contributed by atoms with Crippen LogP contribution in [0.2, 0.25) is 0 Å². The zero-order valence-electron chi connectivity index (χ0n) is 14.7. The lowest BCUT2D eigenvalue weighted by molar-refractivity contribution is 0.332. The molecule has 0 fully saturated rings. The van der Waals surface area contributed by atoms with Crippen LogP contribution < -0.4 is 10.1 Å². The van der Waals surface area contributed by atoms with Gasteiger partial charge >= 0.3 is 0 Å². The standard InChI is InChI=1S/C19H16FN7O/c20-13-5-4-6-14(11-13)26-27-18-16-17(23-12-22-16)24-19(25-18)21-9-10-28-15-7-2-1-3-8-15/h1-8,11-12H,9-10H2,(H2,21,22,23,24,25). The van der Waals surface area contributed by atoms with Gasteiger partial charge in [0.2, 0.25) is 11.8 Å². The minimum atomic E-state index is -0.383. The molecule has 0 saturated carbocycles. The van der Waals surface area contributed by atoms with Gasteiger partial charge in [0.1, 0.15) is 23.7 Å². The molecule has 28 heavy (non-hydrogen) atoms. The lowest BCUT2D eigenvalue weighted by Gasteiger charge is -2.07. The van der Waals surface area contributed by atoms with E-state index in [9.17, 15) is 4.39 Å². The molecule has 0 unspecified atom stereocenters. The first kappa shape index (κ1) is 17.5. The molecule has 0 aliphatic rings. The zero-order valence-corrected chi connectivity index (χ0v) is 14.7. The molecule has 140 valence electrons. The molecule has 2 aromatic carbocycles. The van der Waals surface area contributed by atoms with Gasteiger partial charge < -0.3 is 15.0 Å². The molecule has 0 bridgehead atoms. The number of imidazole rings is 1. The van der Waals surface area contributed by atoms with E-state index in [0.717, 1.165) is 5.75 Å². The van der Waals surface area contributed by atoms with E-state index in [-0.39, 0.29) is 5.82 Å². The summed E-state index contributed by atoms with van der Waals surface area (Å²) in [6.07, 6.45) is 1.50. The van der Waals surface area contributed by atoms with Crippen molar-refractivity contribution in [1.82, 2.24) is 19.9 Å². The Morgan fingerprint density at radius 3 is 2.79 bits per heavy atom. The molecule has 0 saturated heterocycles. The van der Waals surface area contributed by atoms with Gasteiger partial charge in [-0.05, 0) is 24.3 Å². The maximum absolute atomic E-state index is 13.3. The number of rotatable bonds is 7. The number of H-pyrrole nitrogens is 1. The number of hydrogen-bond acceptors (Lipinski definition) is 7. The fourth-order valence-electron chi connectivity index (χ4n) is 2.46. The lowest BCUT2D eigenvalue weighted by atomic mass is 10.3. The monoisotopic (exact) mass is 377 g/mol. The predicted octanol–water partition coefficient (Wildman–Crippen LogP) is 4.40. The molecule has 2 N–H and O–H groups in total. The van der Waals surface area contributed by atoms with Crippen molar-refractivity contribution in [2.45, 2.75) is 0 Å². The van der Waals surface area contributed by atoms with Crippen LogP contribution in [0.3, 0.4) is 0 Å².